The lowest BCUT2D eigenvalue weighted by Crippen LogP contribution is -2.31. The topological polar surface area (TPSA) is 20.3 Å². The van der Waals surface area contributed by atoms with Crippen molar-refractivity contribution < 1.29 is 13.6 Å². The summed E-state index contributed by atoms with van der Waals surface area (Å²) in [6, 6.07) is 5.26. The lowest BCUT2D eigenvalue weighted by atomic mass is 10.0. The van der Waals surface area contributed by atoms with Gasteiger partial charge in [-0.2, -0.15) is 0 Å². The summed E-state index contributed by atoms with van der Waals surface area (Å²) in [6.07, 6.45) is -2.49. The van der Waals surface area contributed by atoms with Crippen molar-refractivity contribution >= 4 is 5.91 Å². The first-order valence-corrected chi connectivity index (χ1v) is 6.21. The first-order valence-electron chi connectivity index (χ1n) is 6.21. The van der Waals surface area contributed by atoms with Crippen molar-refractivity contribution in [1.29, 1.82) is 0 Å². The molecule has 18 heavy (non-hydrogen) atoms. The summed E-state index contributed by atoms with van der Waals surface area (Å²) in [5.74, 6) is -0.277. The van der Waals surface area contributed by atoms with Crippen LogP contribution in [0.2, 0.25) is 0 Å². The molecule has 1 aromatic carbocycles. The average molecular weight is 255 g/mol. The molecule has 1 amide bonds. The van der Waals surface area contributed by atoms with Crippen LogP contribution < -0.4 is 0 Å². The van der Waals surface area contributed by atoms with E-state index in [1.54, 1.807) is 6.92 Å². The Labute approximate surface area is 107 Å². The highest BCUT2D eigenvalue weighted by Gasteiger charge is 2.35. The average Bonchev–Trinajstić information content (AvgIpc) is 2.58. The zero-order valence-corrected chi connectivity index (χ0v) is 11.2. The molecule has 0 saturated carbocycles. The maximum Gasteiger partial charge on any atom is 0.255 e. The lowest BCUT2D eigenvalue weighted by Gasteiger charge is -2.21. The molecule has 0 radical (unpaired) electrons. The van der Waals surface area contributed by atoms with Gasteiger partial charge in [0, 0.05) is 5.56 Å². The van der Waals surface area contributed by atoms with Gasteiger partial charge in [0.05, 0.1) is 12.6 Å². The molecule has 0 aliphatic carbocycles. The quantitative estimate of drug-likeness (QED) is 0.787. The number of alkyl halides is 2. The summed E-state index contributed by atoms with van der Waals surface area (Å²) in [4.78, 5) is 13.2. The molecule has 1 aliphatic heterocycles. The van der Waals surface area contributed by atoms with Crippen molar-refractivity contribution in [3.05, 3.63) is 34.9 Å². The molecular weight excluding hydrogens is 236 g/mol. The molecule has 0 aromatic heterocycles. The van der Waals surface area contributed by atoms with Gasteiger partial charge in [-0.1, -0.05) is 32.0 Å². The Balaban J connectivity index is 0.000000771. The second kappa shape index (κ2) is 5.94. The monoisotopic (exact) mass is 255 g/mol. The van der Waals surface area contributed by atoms with Crippen molar-refractivity contribution in [2.45, 2.75) is 40.2 Å². The van der Waals surface area contributed by atoms with Crippen LogP contribution in [0.5, 0.6) is 0 Å². The number of aryl methyl sites for hydroxylation is 1. The maximum atomic E-state index is 12.4. The molecule has 1 aromatic rings. The summed E-state index contributed by atoms with van der Waals surface area (Å²) < 4.78 is 24.7. The lowest BCUT2D eigenvalue weighted by molar-refractivity contribution is 0.0507. The van der Waals surface area contributed by atoms with Gasteiger partial charge in [-0.05, 0) is 25.0 Å². The van der Waals surface area contributed by atoms with E-state index >= 15 is 0 Å². The van der Waals surface area contributed by atoms with E-state index in [1.807, 2.05) is 39.0 Å². The summed E-state index contributed by atoms with van der Waals surface area (Å²) in [5.41, 5.74) is 2.30. The number of amides is 1. The van der Waals surface area contributed by atoms with Crippen LogP contribution in [-0.2, 0) is 0 Å². The molecule has 0 spiro atoms. The van der Waals surface area contributed by atoms with Crippen molar-refractivity contribution in [2.24, 2.45) is 0 Å². The van der Waals surface area contributed by atoms with Crippen LogP contribution in [0.4, 0.5) is 8.78 Å². The number of carbonyl (C=O) groups excluding carboxylic acids is 1. The van der Waals surface area contributed by atoms with Crippen LogP contribution in [0.1, 0.15) is 48.3 Å². The standard InChI is InChI=1S/C12H13F2NO.C2H6/c1-7-4-3-5-9-8(2)15(6-10(13)14)12(16)11(7)9;1-2/h3-5,8,10H,6H2,1-2H3;1-2H3. The molecule has 4 heteroatoms. The largest absolute Gasteiger partial charge is 0.326 e. The van der Waals surface area contributed by atoms with Gasteiger partial charge in [0.1, 0.15) is 0 Å². The van der Waals surface area contributed by atoms with E-state index in [2.05, 4.69) is 0 Å². The van der Waals surface area contributed by atoms with Crippen molar-refractivity contribution in [1.82, 2.24) is 4.90 Å². The van der Waals surface area contributed by atoms with Gasteiger partial charge in [-0.15, -0.1) is 0 Å². The number of halogens is 2. The Morgan fingerprint density at radius 2 is 1.94 bits per heavy atom. The minimum absolute atomic E-state index is 0.253. The highest BCUT2D eigenvalue weighted by atomic mass is 19.3. The van der Waals surface area contributed by atoms with Gasteiger partial charge >= 0.3 is 0 Å². The van der Waals surface area contributed by atoms with E-state index in [4.69, 9.17) is 0 Å². The summed E-state index contributed by atoms with van der Waals surface area (Å²) >= 11 is 0. The summed E-state index contributed by atoms with van der Waals surface area (Å²) in [7, 11) is 0. The highest BCUT2D eigenvalue weighted by Crippen LogP contribution is 2.35. The fourth-order valence-corrected chi connectivity index (χ4v) is 2.21. The van der Waals surface area contributed by atoms with Crippen LogP contribution in [-0.4, -0.2) is 23.8 Å². The van der Waals surface area contributed by atoms with E-state index in [-0.39, 0.29) is 11.9 Å². The van der Waals surface area contributed by atoms with Crippen molar-refractivity contribution in [3.63, 3.8) is 0 Å². The Bertz CT molecular complexity index is 432. The molecule has 2 nitrogen and oxygen atoms in total. The third-order valence-corrected chi connectivity index (χ3v) is 3.03. The predicted molar refractivity (Wildman–Crippen MR) is 68.0 cm³/mol. The van der Waals surface area contributed by atoms with Gasteiger partial charge in [-0.25, -0.2) is 8.78 Å². The van der Waals surface area contributed by atoms with Gasteiger partial charge in [-0.3, -0.25) is 4.79 Å². The molecule has 100 valence electrons. The van der Waals surface area contributed by atoms with Gasteiger partial charge in [0.25, 0.3) is 12.3 Å². The summed E-state index contributed by atoms with van der Waals surface area (Å²) in [5, 5.41) is 0. The number of carbonyl (C=O) groups is 1. The smallest absolute Gasteiger partial charge is 0.255 e. The molecule has 1 atom stereocenters. The van der Waals surface area contributed by atoms with Gasteiger partial charge in [0.2, 0.25) is 0 Å². The van der Waals surface area contributed by atoms with Gasteiger partial charge in [0.15, 0.2) is 0 Å². The Morgan fingerprint density at radius 1 is 1.33 bits per heavy atom. The van der Waals surface area contributed by atoms with Crippen LogP contribution in [0.3, 0.4) is 0 Å². The normalized spacial score (nSPS) is 17.6. The molecule has 0 bridgehead atoms. The molecule has 0 saturated heterocycles. The minimum Gasteiger partial charge on any atom is -0.326 e. The highest BCUT2D eigenvalue weighted by molar-refractivity contribution is 6.00. The first kappa shape index (κ1) is 14.6. The molecule has 1 heterocycles. The number of nitrogens with zero attached hydrogens (tertiary/aromatic N) is 1. The fraction of sp³-hybridized carbons (Fsp3) is 0.500. The van der Waals surface area contributed by atoms with Crippen LogP contribution >= 0.6 is 0 Å². The molecular formula is C14H19F2NO. The zero-order chi connectivity index (χ0) is 13.9. The third-order valence-electron chi connectivity index (χ3n) is 3.03. The Hall–Kier alpha value is -1.45. The second-order valence-corrected chi connectivity index (χ2v) is 4.06. The SMILES string of the molecule is CC.Cc1cccc2c1C(=O)N(CC(F)F)C2C. The Morgan fingerprint density at radius 3 is 2.44 bits per heavy atom. The van der Waals surface area contributed by atoms with E-state index in [9.17, 15) is 13.6 Å². The number of fused-ring (bicyclic) bond motifs is 1. The maximum absolute atomic E-state index is 12.4. The number of hydrogen-bond acceptors (Lipinski definition) is 1. The molecule has 0 N–H and O–H groups in total. The number of hydrogen-bond donors (Lipinski definition) is 0. The third kappa shape index (κ3) is 2.52. The molecule has 1 unspecified atom stereocenters. The second-order valence-electron chi connectivity index (χ2n) is 4.06. The molecule has 2 rings (SSSR count). The first-order chi connectivity index (χ1) is 8.52. The fourth-order valence-electron chi connectivity index (χ4n) is 2.21. The zero-order valence-electron chi connectivity index (χ0n) is 11.2. The summed E-state index contributed by atoms with van der Waals surface area (Å²) in [6.45, 7) is 7.12. The van der Waals surface area contributed by atoms with Crippen molar-refractivity contribution in [3.8, 4) is 0 Å². The van der Waals surface area contributed by atoms with Crippen molar-refractivity contribution in [2.75, 3.05) is 6.54 Å². The minimum atomic E-state index is -2.49. The van der Waals surface area contributed by atoms with Gasteiger partial charge < -0.3 is 4.90 Å². The van der Waals surface area contributed by atoms with Crippen LogP contribution in [0, 0.1) is 6.92 Å². The van der Waals surface area contributed by atoms with E-state index < -0.39 is 13.0 Å². The molecule has 1 aliphatic rings. The predicted octanol–water partition coefficient (Wildman–Crippen LogP) is 3.80. The molecule has 0 fully saturated rings. The van der Waals surface area contributed by atoms with Crippen LogP contribution in [0.25, 0.3) is 0 Å². The van der Waals surface area contributed by atoms with E-state index in [1.165, 1.54) is 4.90 Å². The van der Waals surface area contributed by atoms with E-state index in [0.717, 1.165) is 11.1 Å². The number of rotatable bonds is 2. The Kier molecular flexibility index (Phi) is 4.82. The van der Waals surface area contributed by atoms with E-state index in [0.29, 0.717) is 5.56 Å². The number of benzene rings is 1. The van der Waals surface area contributed by atoms with Crippen LogP contribution in [0.15, 0.2) is 18.2 Å².